The predicted molar refractivity (Wildman–Crippen MR) is 99.4 cm³/mol. The molecule has 1 aromatic carbocycles. The fourth-order valence-corrected chi connectivity index (χ4v) is 2.81. The Kier molecular flexibility index (Phi) is 5.46. The van der Waals surface area contributed by atoms with E-state index in [0.29, 0.717) is 43.7 Å². The Morgan fingerprint density at radius 2 is 1.81 bits per heavy atom. The summed E-state index contributed by atoms with van der Waals surface area (Å²) in [4.78, 5) is 35.3. The van der Waals surface area contributed by atoms with Crippen molar-refractivity contribution < 1.29 is 9.59 Å². The lowest BCUT2D eigenvalue weighted by Crippen LogP contribution is -2.48. The second-order valence-corrected chi connectivity index (χ2v) is 6.60. The van der Waals surface area contributed by atoms with Crippen LogP contribution in [0.1, 0.15) is 35.8 Å². The molecule has 0 atom stereocenters. The number of nitrogens with zero attached hydrogens (tertiary/aromatic N) is 4. The summed E-state index contributed by atoms with van der Waals surface area (Å²) < 4.78 is 0. The van der Waals surface area contributed by atoms with Gasteiger partial charge in [-0.1, -0.05) is 26.0 Å². The van der Waals surface area contributed by atoms with Crippen molar-refractivity contribution in [1.29, 1.82) is 0 Å². The van der Waals surface area contributed by atoms with E-state index in [-0.39, 0.29) is 5.91 Å². The number of hydrogen-bond acceptors (Lipinski definition) is 5. The first-order chi connectivity index (χ1) is 12.6. The minimum atomic E-state index is -0.142. The summed E-state index contributed by atoms with van der Waals surface area (Å²) >= 11 is 0. The summed E-state index contributed by atoms with van der Waals surface area (Å²) in [6, 6.07) is 9.70. The highest BCUT2D eigenvalue weighted by Gasteiger charge is 2.22. The van der Waals surface area contributed by atoms with Gasteiger partial charge in [0.1, 0.15) is 5.69 Å². The van der Waals surface area contributed by atoms with Crippen molar-refractivity contribution in [1.82, 2.24) is 19.8 Å². The topological polar surface area (TPSA) is 78.4 Å². The van der Waals surface area contributed by atoms with E-state index in [2.05, 4.69) is 41.3 Å². The number of carbonyl (C=O) groups excluding carboxylic acids is 2. The average molecular weight is 353 g/mol. The summed E-state index contributed by atoms with van der Waals surface area (Å²) in [5, 5.41) is 3.14. The number of benzene rings is 1. The number of nitrogens with one attached hydrogen (secondary N) is 1. The molecule has 2 amide bonds. The molecule has 0 radical (unpaired) electrons. The molecule has 1 aliphatic rings. The highest BCUT2D eigenvalue weighted by molar-refractivity contribution is 5.92. The van der Waals surface area contributed by atoms with E-state index in [1.165, 1.54) is 5.56 Å². The van der Waals surface area contributed by atoms with Crippen molar-refractivity contribution in [3.8, 4) is 0 Å². The number of hydrogen-bond donors (Lipinski definition) is 1. The maximum atomic E-state index is 12.6. The summed E-state index contributed by atoms with van der Waals surface area (Å²) in [7, 11) is 0. The van der Waals surface area contributed by atoms with Gasteiger partial charge in [-0.15, -0.1) is 0 Å². The molecular weight excluding hydrogens is 330 g/mol. The first-order valence-electron chi connectivity index (χ1n) is 8.75. The molecule has 0 unspecified atom stereocenters. The Morgan fingerprint density at radius 1 is 1.12 bits per heavy atom. The minimum absolute atomic E-state index is 0.142. The molecule has 7 nitrogen and oxygen atoms in total. The zero-order valence-corrected chi connectivity index (χ0v) is 15.1. The van der Waals surface area contributed by atoms with Gasteiger partial charge in [-0.05, 0) is 29.7 Å². The largest absolute Gasteiger partial charge is 0.342 e. The van der Waals surface area contributed by atoms with Crippen LogP contribution in [0.15, 0.2) is 36.5 Å². The molecule has 3 rings (SSSR count). The lowest BCUT2D eigenvalue weighted by atomic mass is 10.0. The molecule has 1 N–H and O–H groups in total. The second-order valence-electron chi connectivity index (χ2n) is 6.60. The quantitative estimate of drug-likeness (QED) is 0.834. The van der Waals surface area contributed by atoms with Crippen LogP contribution in [0.3, 0.4) is 0 Å². The lowest BCUT2D eigenvalue weighted by molar-refractivity contribution is -0.119. The van der Waals surface area contributed by atoms with Gasteiger partial charge in [-0.3, -0.25) is 9.59 Å². The third-order valence-corrected chi connectivity index (χ3v) is 4.46. The molecule has 0 aliphatic carbocycles. The lowest BCUT2D eigenvalue weighted by Gasteiger charge is -2.32. The molecule has 7 heteroatoms. The normalized spacial score (nSPS) is 14.4. The van der Waals surface area contributed by atoms with E-state index >= 15 is 0 Å². The van der Waals surface area contributed by atoms with Crippen molar-refractivity contribution in [3.63, 3.8) is 0 Å². The van der Waals surface area contributed by atoms with Crippen molar-refractivity contribution in [2.24, 2.45) is 0 Å². The zero-order chi connectivity index (χ0) is 18.5. The molecule has 0 bridgehead atoms. The number of piperazine rings is 1. The first kappa shape index (κ1) is 17.8. The van der Waals surface area contributed by atoms with Gasteiger partial charge in [0, 0.05) is 38.1 Å². The number of carbonyl (C=O) groups is 2. The Balaban J connectivity index is 1.68. The Morgan fingerprint density at radius 3 is 2.42 bits per heavy atom. The molecule has 26 heavy (non-hydrogen) atoms. The molecule has 1 saturated heterocycles. The SMILES string of the molecule is CC(C)c1ccc(Nc2nccc(C(=O)N3CCN(C=O)CC3)n2)cc1. The molecule has 1 fully saturated rings. The van der Waals surface area contributed by atoms with Crippen LogP contribution in [0, 0.1) is 0 Å². The summed E-state index contributed by atoms with van der Waals surface area (Å²) in [5.74, 6) is 0.719. The van der Waals surface area contributed by atoms with Gasteiger partial charge in [0.05, 0.1) is 0 Å². The van der Waals surface area contributed by atoms with E-state index < -0.39 is 0 Å². The fraction of sp³-hybridized carbons (Fsp3) is 0.368. The molecule has 0 saturated carbocycles. The predicted octanol–water partition coefficient (Wildman–Crippen LogP) is 2.26. The number of aromatic nitrogens is 2. The van der Waals surface area contributed by atoms with Gasteiger partial charge in [-0.25, -0.2) is 9.97 Å². The average Bonchev–Trinajstić information content (AvgIpc) is 2.68. The monoisotopic (exact) mass is 353 g/mol. The van der Waals surface area contributed by atoms with E-state index in [0.717, 1.165) is 12.1 Å². The van der Waals surface area contributed by atoms with Gasteiger partial charge in [0.15, 0.2) is 0 Å². The molecule has 0 spiro atoms. The van der Waals surface area contributed by atoms with Crippen LogP contribution in [-0.2, 0) is 4.79 Å². The van der Waals surface area contributed by atoms with Gasteiger partial charge in [0.2, 0.25) is 12.4 Å². The van der Waals surface area contributed by atoms with Crippen molar-refractivity contribution >= 4 is 24.0 Å². The number of amides is 2. The minimum Gasteiger partial charge on any atom is -0.342 e. The molecular formula is C19H23N5O2. The summed E-state index contributed by atoms with van der Waals surface area (Å²) in [6.07, 6.45) is 2.39. The van der Waals surface area contributed by atoms with Crippen LogP contribution in [-0.4, -0.2) is 58.3 Å². The first-order valence-corrected chi connectivity index (χ1v) is 8.75. The van der Waals surface area contributed by atoms with Crippen LogP contribution < -0.4 is 5.32 Å². The Labute approximate surface area is 153 Å². The second kappa shape index (κ2) is 7.95. The van der Waals surface area contributed by atoms with Gasteiger partial charge in [0.25, 0.3) is 5.91 Å². The van der Waals surface area contributed by atoms with E-state index in [4.69, 9.17) is 0 Å². The van der Waals surface area contributed by atoms with Gasteiger partial charge in [-0.2, -0.15) is 0 Å². The van der Waals surface area contributed by atoms with Gasteiger partial charge < -0.3 is 15.1 Å². The van der Waals surface area contributed by atoms with Crippen LogP contribution in [0.25, 0.3) is 0 Å². The third kappa shape index (κ3) is 4.17. The van der Waals surface area contributed by atoms with E-state index in [1.807, 2.05) is 12.1 Å². The highest BCUT2D eigenvalue weighted by Crippen LogP contribution is 2.19. The standard InChI is InChI=1S/C19H23N5O2/c1-14(2)15-3-5-16(6-4-15)21-19-20-8-7-17(22-19)18(26)24-11-9-23(13-25)10-12-24/h3-8,13-14H,9-12H2,1-2H3,(H,20,21,22). The Hall–Kier alpha value is -2.96. The molecule has 136 valence electrons. The van der Waals surface area contributed by atoms with E-state index in [1.54, 1.807) is 22.1 Å². The number of anilines is 2. The number of rotatable bonds is 5. The maximum absolute atomic E-state index is 12.6. The van der Waals surface area contributed by atoms with Crippen LogP contribution in [0.4, 0.5) is 11.6 Å². The molecule has 1 aromatic heterocycles. The van der Waals surface area contributed by atoms with Crippen molar-refractivity contribution in [2.45, 2.75) is 19.8 Å². The van der Waals surface area contributed by atoms with Gasteiger partial charge >= 0.3 is 0 Å². The summed E-state index contributed by atoms with van der Waals surface area (Å²) in [5.41, 5.74) is 2.48. The van der Waals surface area contributed by atoms with Crippen LogP contribution >= 0.6 is 0 Å². The molecule has 2 heterocycles. The third-order valence-electron chi connectivity index (χ3n) is 4.46. The molecule has 2 aromatic rings. The highest BCUT2D eigenvalue weighted by atomic mass is 16.2. The van der Waals surface area contributed by atoms with E-state index in [9.17, 15) is 9.59 Å². The molecule has 1 aliphatic heterocycles. The maximum Gasteiger partial charge on any atom is 0.272 e. The fourth-order valence-electron chi connectivity index (χ4n) is 2.81. The smallest absolute Gasteiger partial charge is 0.272 e. The zero-order valence-electron chi connectivity index (χ0n) is 15.1. The van der Waals surface area contributed by atoms with Crippen LogP contribution in [0.5, 0.6) is 0 Å². The van der Waals surface area contributed by atoms with Crippen molar-refractivity contribution in [2.75, 3.05) is 31.5 Å². The van der Waals surface area contributed by atoms with Crippen molar-refractivity contribution in [3.05, 3.63) is 47.8 Å². The summed E-state index contributed by atoms with van der Waals surface area (Å²) in [6.45, 7) is 6.42. The van der Waals surface area contributed by atoms with Crippen LogP contribution in [0.2, 0.25) is 0 Å². The Bertz CT molecular complexity index is 768.